The monoisotopic (exact) mass is 307 g/mol. The highest BCUT2D eigenvalue weighted by Crippen LogP contribution is 2.45. The van der Waals surface area contributed by atoms with Crippen LogP contribution in [0, 0.1) is 5.92 Å². The van der Waals surface area contributed by atoms with Crippen molar-refractivity contribution < 1.29 is 14.6 Å². The molecule has 0 spiro atoms. The summed E-state index contributed by atoms with van der Waals surface area (Å²) in [6, 6.07) is 7.68. The number of fused-ring (bicyclic) bond motifs is 1. The lowest BCUT2D eigenvalue weighted by Crippen LogP contribution is -2.47. The van der Waals surface area contributed by atoms with Gasteiger partial charge in [-0.05, 0) is 17.7 Å². The second-order valence-electron chi connectivity index (χ2n) is 5.23. The number of nitrogens with two attached hydrogens (primary N) is 1. The Balaban J connectivity index is 2.05. The average molecular weight is 307 g/mol. The number of amides is 1. The number of ether oxygens (including phenoxy) is 1. The molecule has 2 aliphatic rings. The van der Waals surface area contributed by atoms with Gasteiger partial charge >= 0.3 is 6.09 Å². The molecule has 7 heteroatoms. The number of benzene rings is 1. The Kier molecular flexibility index (Phi) is 3.77. The van der Waals surface area contributed by atoms with Gasteiger partial charge in [-0.15, -0.1) is 0 Å². The second-order valence-corrected chi connectivity index (χ2v) is 6.24. The third-order valence-electron chi connectivity index (χ3n) is 3.94. The fourth-order valence-corrected chi connectivity index (χ4v) is 4.05. The molecule has 1 saturated heterocycles. The number of nitrogens with zero attached hydrogens (tertiary/aromatic N) is 1. The molecule has 2 aliphatic heterocycles. The van der Waals surface area contributed by atoms with Crippen molar-refractivity contribution in [3.63, 3.8) is 0 Å². The third-order valence-corrected chi connectivity index (χ3v) is 4.98. The molecule has 2 heterocycles. The number of carboxylic acid groups (broad SMARTS) is 1. The summed E-state index contributed by atoms with van der Waals surface area (Å²) in [7, 11) is 0. The van der Waals surface area contributed by atoms with Crippen LogP contribution in [0.1, 0.15) is 12.0 Å². The van der Waals surface area contributed by atoms with E-state index in [1.54, 1.807) is 0 Å². The SMILES string of the molecule is Nc1cccc(C23CCOCC2CSC(NC(=O)O)=N3)c1. The Morgan fingerprint density at radius 3 is 3.19 bits per heavy atom. The van der Waals surface area contributed by atoms with Gasteiger partial charge in [0, 0.05) is 30.4 Å². The average Bonchev–Trinajstić information content (AvgIpc) is 2.46. The Hall–Kier alpha value is -1.73. The Labute approximate surface area is 126 Å². The molecule has 1 aromatic rings. The molecule has 0 aromatic heterocycles. The number of carbonyl (C=O) groups is 1. The maximum Gasteiger partial charge on any atom is 0.410 e. The largest absolute Gasteiger partial charge is 0.465 e. The summed E-state index contributed by atoms with van der Waals surface area (Å²) in [6.45, 7) is 1.24. The molecule has 4 N–H and O–H groups in total. The molecular formula is C14H17N3O3S. The number of hydrogen-bond donors (Lipinski definition) is 3. The van der Waals surface area contributed by atoms with Crippen molar-refractivity contribution in [3.05, 3.63) is 29.8 Å². The number of hydrogen-bond acceptors (Lipinski definition) is 5. The van der Waals surface area contributed by atoms with E-state index in [1.807, 2.05) is 24.3 Å². The van der Waals surface area contributed by atoms with Crippen molar-refractivity contribution in [1.29, 1.82) is 0 Å². The highest BCUT2D eigenvalue weighted by Gasteiger charge is 2.45. The van der Waals surface area contributed by atoms with Gasteiger partial charge in [-0.2, -0.15) is 0 Å². The fourth-order valence-electron chi connectivity index (χ4n) is 2.93. The van der Waals surface area contributed by atoms with Crippen LogP contribution in [0.15, 0.2) is 29.3 Å². The molecule has 1 aromatic carbocycles. The first-order chi connectivity index (χ1) is 10.1. The smallest absolute Gasteiger partial charge is 0.410 e. The molecule has 6 nitrogen and oxygen atoms in total. The topological polar surface area (TPSA) is 96.9 Å². The minimum atomic E-state index is -1.09. The van der Waals surface area contributed by atoms with Gasteiger partial charge in [0.1, 0.15) is 0 Å². The predicted octanol–water partition coefficient (Wildman–Crippen LogP) is 1.87. The van der Waals surface area contributed by atoms with Crippen molar-refractivity contribution in [2.75, 3.05) is 24.7 Å². The molecule has 2 unspecified atom stereocenters. The maximum absolute atomic E-state index is 10.9. The van der Waals surface area contributed by atoms with Crippen molar-refractivity contribution in [2.45, 2.75) is 12.0 Å². The van der Waals surface area contributed by atoms with Crippen molar-refractivity contribution in [2.24, 2.45) is 10.9 Å². The van der Waals surface area contributed by atoms with Crippen LogP contribution in [-0.2, 0) is 10.3 Å². The van der Waals surface area contributed by atoms with E-state index in [4.69, 9.17) is 20.6 Å². The standard InChI is InChI=1S/C14H17N3O3S/c15-11-3-1-2-9(6-11)14-4-5-20-7-10(14)8-21-12(17-14)16-13(18)19/h1-3,6,10H,4-5,7-8,15H2,(H,16,17)(H,18,19). The van der Waals surface area contributed by atoms with Crippen LogP contribution in [0.5, 0.6) is 0 Å². The normalized spacial score (nSPS) is 28.4. The summed E-state index contributed by atoms with van der Waals surface area (Å²) in [5.74, 6) is 0.992. The molecule has 0 bridgehead atoms. The van der Waals surface area contributed by atoms with Crippen LogP contribution in [0.3, 0.4) is 0 Å². The molecule has 1 amide bonds. The molecule has 112 valence electrons. The molecule has 2 atom stereocenters. The highest BCUT2D eigenvalue weighted by atomic mass is 32.2. The van der Waals surface area contributed by atoms with E-state index in [1.165, 1.54) is 11.8 Å². The van der Waals surface area contributed by atoms with Gasteiger partial charge in [0.15, 0.2) is 5.17 Å². The molecular weight excluding hydrogens is 290 g/mol. The fraction of sp³-hybridized carbons (Fsp3) is 0.429. The van der Waals surface area contributed by atoms with Gasteiger partial charge < -0.3 is 15.6 Å². The van der Waals surface area contributed by atoms with E-state index in [-0.39, 0.29) is 5.92 Å². The number of thioether (sulfide) groups is 1. The third kappa shape index (κ3) is 2.71. The van der Waals surface area contributed by atoms with Crippen LogP contribution in [0.4, 0.5) is 10.5 Å². The maximum atomic E-state index is 10.9. The minimum Gasteiger partial charge on any atom is -0.465 e. The van der Waals surface area contributed by atoms with E-state index >= 15 is 0 Å². The summed E-state index contributed by atoms with van der Waals surface area (Å²) >= 11 is 1.42. The Bertz CT molecular complexity index is 593. The zero-order valence-electron chi connectivity index (χ0n) is 11.4. The van der Waals surface area contributed by atoms with E-state index in [0.717, 1.165) is 17.7 Å². The number of rotatable bonds is 1. The minimum absolute atomic E-state index is 0.220. The van der Waals surface area contributed by atoms with Crippen LogP contribution < -0.4 is 11.1 Å². The first-order valence-electron chi connectivity index (χ1n) is 6.76. The van der Waals surface area contributed by atoms with Gasteiger partial charge in [-0.3, -0.25) is 10.3 Å². The van der Waals surface area contributed by atoms with Crippen LogP contribution in [-0.4, -0.2) is 35.3 Å². The van der Waals surface area contributed by atoms with E-state index in [2.05, 4.69) is 5.32 Å². The predicted molar refractivity (Wildman–Crippen MR) is 82.5 cm³/mol. The first-order valence-corrected chi connectivity index (χ1v) is 7.75. The van der Waals surface area contributed by atoms with Gasteiger partial charge in [0.05, 0.1) is 12.1 Å². The van der Waals surface area contributed by atoms with E-state index in [0.29, 0.717) is 24.1 Å². The molecule has 3 rings (SSSR count). The highest BCUT2D eigenvalue weighted by molar-refractivity contribution is 8.13. The molecule has 0 radical (unpaired) electrons. The summed E-state index contributed by atoms with van der Waals surface area (Å²) in [5.41, 5.74) is 7.17. The lowest BCUT2D eigenvalue weighted by molar-refractivity contribution is 0.0100. The number of nitrogens with one attached hydrogen (secondary N) is 1. The van der Waals surface area contributed by atoms with Gasteiger partial charge in [0.2, 0.25) is 0 Å². The summed E-state index contributed by atoms with van der Waals surface area (Å²) in [6.07, 6.45) is -0.360. The van der Waals surface area contributed by atoms with Crippen LogP contribution >= 0.6 is 11.8 Å². The lowest BCUT2D eigenvalue weighted by Gasteiger charge is -2.44. The van der Waals surface area contributed by atoms with Crippen LogP contribution in [0.2, 0.25) is 0 Å². The van der Waals surface area contributed by atoms with Gasteiger partial charge in [-0.1, -0.05) is 23.9 Å². The van der Waals surface area contributed by atoms with Crippen molar-refractivity contribution in [3.8, 4) is 0 Å². The summed E-state index contributed by atoms with van der Waals surface area (Å²) in [5, 5.41) is 11.7. The Morgan fingerprint density at radius 2 is 2.43 bits per heavy atom. The van der Waals surface area contributed by atoms with E-state index < -0.39 is 11.6 Å². The van der Waals surface area contributed by atoms with E-state index in [9.17, 15) is 4.79 Å². The number of aliphatic imine (C=N–C) groups is 1. The molecule has 0 aliphatic carbocycles. The van der Waals surface area contributed by atoms with Crippen molar-refractivity contribution >= 4 is 28.7 Å². The number of anilines is 1. The van der Waals surface area contributed by atoms with Crippen molar-refractivity contribution in [1.82, 2.24) is 5.32 Å². The molecule has 1 fully saturated rings. The number of amidine groups is 1. The summed E-state index contributed by atoms with van der Waals surface area (Å²) in [4.78, 5) is 15.6. The van der Waals surface area contributed by atoms with Gasteiger partial charge in [0.25, 0.3) is 0 Å². The first kappa shape index (κ1) is 14.2. The number of nitrogen functional groups attached to an aromatic ring is 1. The molecule has 21 heavy (non-hydrogen) atoms. The Morgan fingerprint density at radius 1 is 1.57 bits per heavy atom. The lowest BCUT2D eigenvalue weighted by atomic mass is 9.76. The van der Waals surface area contributed by atoms with Crippen LogP contribution in [0.25, 0.3) is 0 Å². The van der Waals surface area contributed by atoms with Gasteiger partial charge in [-0.25, -0.2) is 4.79 Å². The quantitative estimate of drug-likeness (QED) is 0.688. The molecule has 0 saturated carbocycles. The second kappa shape index (κ2) is 5.57. The zero-order chi connectivity index (χ0) is 14.9. The zero-order valence-corrected chi connectivity index (χ0v) is 12.2. The summed E-state index contributed by atoms with van der Waals surface area (Å²) < 4.78 is 5.58.